The van der Waals surface area contributed by atoms with Crippen LogP contribution in [0, 0.1) is 6.92 Å². The Labute approximate surface area is 201 Å². The van der Waals surface area contributed by atoms with Gasteiger partial charge in [0.1, 0.15) is 17.3 Å². The van der Waals surface area contributed by atoms with Crippen LogP contribution in [0.25, 0.3) is 5.76 Å². The molecule has 1 aromatic heterocycles. The lowest BCUT2D eigenvalue weighted by atomic mass is 9.94. The number of aryl methyl sites for hydroxylation is 1. The van der Waals surface area contributed by atoms with E-state index in [1.165, 1.54) is 39.4 Å². The number of hydrogen-bond acceptors (Lipinski definition) is 9. The average molecular weight is 480 g/mol. The SMILES string of the molecule is COc1cccc(/C(O)=C2\C(=O)C(=O)N(c3cc(C)on3)[C@@H]2c2cc(OC)c(OC)c(OC)c2)c1. The van der Waals surface area contributed by atoms with Crippen molar-refractivity contribution >= 4 is 23.3 Å². The largest absolute Gasteiger partial charge is 0.507 e. The minimum absolute atomic E-state index is 0.119. The zero-order valence-corrected chi connectivity index (χ0v) is 19.8. The summed E-state index contributed by atoms with van der Waals surface area (Å²) in [5, 5.41) is 15.2. The number of methoxy groups -OCH3 is 4. The van der Waals surface area contributed by atoms with Crippen molar-refractivity contribution in [3.05, 3.63) is 64.9 Å². The molecule has 1 aliphatic rings. The van der Waals surface area contributed by atoms with Crippen LogP contribution in [0.15, 0.2) is 52.6 Å². The lowest BCUT2D eigenvalue weighted by molar-refractivity contribution is -0.132. The van der Waals surface area contributed by atoms with Crippen LogP contribution in [0.4, 0.5) is 5.82 Å². The normalized spacial score (nSPS) is 16.9. The number of amides is 1. The number of ketones is 1. The van der Waals surface area contributed by atoms with Gasteiger partial charge in [-0.15, -0.1) is 0 Å². The number of anilines is 1. The summed E-state index contributed by atoms with van der Waals surface area (Å²) < 4.78 is 26.7. The molecule has 1 saturated heterocycles. The number of aliphatic hydroxyl groups is 1. The number of carbonyl (C=O) groups excluding carboxylic acids is 2. The first-order chi connectivity index (χ1) is 16.8. The van der Waals surface area contributed by atoms with Crippen molar-refractivity contribution < 1.29 is 38.2 Å². The van der Waals surface area contributed by atoms with Crippen LogP contribution >= 0.6 is 0 Å². The summed E-state index contributed by atoms with van der Waals surface area (Å²) in [6.07, 6.45) is 0. The molecule has 2 aromatic carbocycles. The summed E-state index contributed by atoms with van der Waals surface area (Å²) in [5.41, 5.74) is 0.582. The summed E-state index contributed by atoms with van der Waals surface area (Å²) in [6.45, 7) is 1.66. The number of Topliss-reactive ketones (excluding diaryl/α,β-unsaturated/α-hetero) is 1. The third-order valence-electron chi connectivity index (χ3n) is 5.65. The van der Waals surface area contributed by atoms with Gasteiger partial charge in [-0.1, -0.05) is 17.3 Å². The molecule has 0 saturated carbocycles. The Hall–Kier alpha value is -4.47. The van der Waals surface area contributed by atoms with Crippen molar-refractivity contribution in [1.29, 1.82) is 0 Å². The molecular formula is C25H24N2O8. The van der Waals surface area contributed by atoms with Gasteiger partial charge in [-0.3, -0.25) is 14.5 Å². The monoisotopic (exact) mass is 480 g/mol. The highest BCUT2D eigenvalue weighted by Gasteiger charge is 2.48. The van der Waals surface area contributed by atoms with Crippen molar-refractivity contribution in [1.82, 2.24) is 5.16 Å². The number of hydrogen-bond donors (Lipinski definition) is 1. The van der Waals surface area contributed by atoms with Crippen molar-refractivity contribution in [2.75, 3.05) is 33.3 Å². The van der Waals surface area contributed by atoms with Crippen LogP contribution in [-0.2, 0) is 9.59 Å². The fourth-order valence-corrected chi connectivity index (χ4v) is 4.04. The van der Waals surface area contributed by atoms with Gasteiger partial charge in [0, 0.05) is 11.6 Å². The Morgan fingerprint density at radius 2 is 1.66 bits per heavy atom. The number of benzene rings is 2. The van der Waals surface area contributed by atoms with Gasteiger partial charge in [-0.25, -0.2) is 0 Å². The number of aliphatic hydroxyl groups excluding tert-OH is 1. The van der Waals surface area contributed by atoms with E-state index in [0.29, 0.717) is 39.9 Å². The van der Waals surface area contributed by atoms with Crippen LogP contribution in [0.3, 0.4) is 0 Å². The molecule has 1 N–H and O–H groups in total. The molecule has 3 aromatic rings. The molecule has 10 nitrogen and oxygen atoms in total. The first-order valence-electron chi connectivity index (χ1n) is 10.5. The summed E-state index contributed by atoms with van der Waals surface area (Å²) in [7, 11) is 5.86. The maximum absolute atomic E-state index is 13.3. The van der Waals surface area contributed by atoms with Crippen LogP contribution in [0.1, 0.15) is 22.9 Å². The molecule has 10 heteroatoms. The molecule has 0 spiro atoms. The van der Waals surface area contributed by atoms with E-state index in [9.17, 15) is 14.7 Å². The highest BCUT2D eigenvalue weighted by atomic mass is 16.5. The third kappa shape index (κ3) is 4.03. The molecule has 4 rings (SSSR count). The fourth-order valence-electron chi connectivity index (χ4n) is 4.04. The van der Waals surface area contributed by atoms with E-state index in [1.54, 1.807) is 43.3 Å². The number of aromatic nitrogens is 1. The van der Waals surface area contributed by atoms with Crippen molar-refractivity contribution in [2.24, 2.45) is 0 Å². The van der Waals surface area contributed by atoms with Gasteiger partial charge < -0.3 is 28.6 Å². The Morgan fingerprint density at radius 1 is 0.971 bits per heavy atom. The summed E-state index contributed by atoms with van der Waals surface area (Å²) >= 11 is 0. The van der Waals surface area contributed by atoms with Crippen LogP contribution in [-0.4, -0.2) is 50.4 Å². The first-order valence-corrected chi connectivity index (χ1v) is 10.5. The Balaban J connectivity index is 2.01. The molecule has 0 unspecified atom stereocenters. The Kier molecular flexibility index (Phi) is 6.37. The number of rotatable bonds is 7. The predicted molar refractivity (Wildman–Crippen MR) is 125 cm³/mol. The van der Waals surface area contributed by atoms with Gasteiger partial charge in [0.05, 0.1) is 40.1 Å². The molecule has 0 aliphatic carbocycles. The number of ether oxygens (including phenoxy) is 4. The first kappa shape index (κ1) is 23.7. The molecule has 1 aliphatic heterocycles. The van der Waals surface area contributed by atoms with Crippen LogP contribution < -0.4 is 23.8 Å². The Bertz CT molecular complexity index is 1300. The molecular weight excluding hydrogens is 456 g/mol. The lowest BCUT2D eigenvalue weighted by Crippen LogP contribution is -2.29. The van der Waals surface area contributed by atoms with Crippen LogP contribution in [0.5, 0.6) is 23.0 Å². The zero-order valence-electron chi connectivity index (χ0n) is 19.8. The maximum Gasteiger partial charge on any atom is 0.301 e. The second-order valence-corrected chi connectivity index (χ2v) is 7.66. The highest BCUT2D eigenvalue weighted by molar-refractivity contribution is 6.51. The van der Waals surface area contributed by atoms with Gasteiger partial charge in [-0.2, -0.15) is 0 Å². The van der Waals surface area contributed by atoms with E-state index < -0.39 is 17.7 Å². The van der Waals surface area contributed by atoms with E-state index in [2.05, 4.69) is 5.16 Å². The van der Waals surface area contributed by atoms with E-state index >= 15 is 0 Å². The number of carbonyl (C=O) groups is 2. The maximum atomic E-state index is 13.3. The molecule has 0 bridgehead atoms. The lowest BCUT2D eigenvalue weighted by Gasteiger charge is -2.24. The van der Waals surface area contributed by atoms with Gasteiger partial charge >= 0.3 is 5.91 Å². The zero-order chi connectivity index (χ0) is 25.3. The third-order valence-corrected chi connectivity index (χ3v) is 5.65. The summed E-state index contributed by atoms with van der Waals surface area (Å²) in [5.74, 6) is -0.142. The fraction of sp³-hybridized carbons (Fsp3) is 0.240. The van der Waals surface area contributed by atoms with Gasteiger partial charge in [0.15, 0.2) is 17.3 Å². The smallest absolute Gasteiger partial charge is 0.301 e. The van der Waals surface area contributed by atoms with E-state index in [1.807, 2.05) is 0 Å². The summed E-state index contributed by atoms with van der Waals surface area (Å²) in [6, 6.07) is 10.2. The quantitative estimate of drug-likeness (QED) is 0.307. The van der Waals surface area contributed by atoms with E-state index in [0.717, 1.165) is 0 Å². The van der Waals surface area contributed by atoms with Crippen LogP contribution in [0.2, 0.25) is 0 Å². The second-order valence-electron chi connectivity index (χ2n) is 7.66. The van der Waals surface area contributed by atoms with Gasteiger partial charge in [-0.05, 0) is 36.8 Å². The number of nitrogens with zero attached hydrogens (tertiary/aromatic N) is 2. The molecule has 1 atom stereocenters. The average Bonchev–Trinajstić information content (AvgIpc) is 3.42. The minimum atomic E-state index is -1.07. The molecule has 2 heterocycles. The van der Waals surface area contributed by atoms with E-state index in [-0.39, 0.29) is 17.2 Å². The van der Waals surface area contributed by atoms with Crippen molar-refractivity contribution in [2.45, 2.75) is 13.0 Å². The topological polar surface area (TPSA) is 121 Å². The van der Waals surface area contributed by atoms with Gasteiger partial charge in [0.25, 0.3) is 5.78 Å². The highest BCUT2D eigenvalue weighted by Crippen LogP contribution is 2.47. The van der Waals surface area contributed by atoms with Gasteiger partial charge in [0.2, 0.25) is 5.75 Å². The molecule has 1 amide bonds. The standard InChI is InChI=1S/C25H24N2O8/c1-13-9-19(26-35-13)27-21(15-11-17(32-3)24(34-5)18(12-15)33-4)20(23(29)25(27)30)22(28)14-7-6-8-16(10-14)31-2/h6-12,21,28H,1-5H3/b22-20+/t21-/m1/s1. The molecule has 35 heavy (non-hydrogen) atoms. The molecule has 1 fully saturated rings. The molecule has 182 valence electrons. The second kappa shape index (κ2) is 9.41. The molecule has 0 radical (unpaired) electrons. The van der Waals surface area contributed by atoms with Crippen molar-refractivity contribution in [3.63, 3.8) is 0 Å². The Morgan fingerprint density at radius 3 is 2.20 bits per heavy atom. The van der Waals surface area contributed by atoms with Crippen molar-refractivity contribution in [3.8, 4) is 23.0 Å². The summed E-state index contributed by atoms with van der Waals surface area (Å²) in [4.78, 5) is 27.7. The van der Waals surface area contributed by atoms with E-state index in [4.69, 9.17) is 23.5 Å². The minimum Gasteiger partial charge on any atom is -0.507 e. The predicted octanol–water partition coefficient (Wildman–Crippen LogP) is 3.64.